The van der Waals surface area contributed by atoms with Crippen LogP contribution in [0.5, 0.6) is 11.5 Å². The van der Waals surface area contributed by atoms with Gasteiger partial charge in [-0.3, -0.25) is 5.01 Å². The monoisotopic (exact) mass is 631 g/mol. The zero-order valence-corrected chi connectivity index (χ0v) is 26.4. The summed E-state index contributed by atoms with van der Waals surface area (Å²) < 4.78 is 18.2. The summed E-state index contributed by atoms with van der Waals surface area (Å²) in [5.74, 6) is 1.69. The molecule has 0 saturated heterocycles. The molecule has 0 aliphatic carbocycles. The molecule has 7 rings (SSSR count). The van der Waals surface area contributed by atoms with Gasteiger partial charge in [0.15, 0.2) is 0 Å². The summed E-state index contributed by atoms with van der Waals surface area (Å²) in [6.45, 7) is 0.647. The normalized spacial score (nSPS) is 15.1. The molecular formula is C41H33N3O4. The average Bonchev–Trinajstić information content (AvgIpc) is 3.15. The van der Waals surface area contributed by atoms with Crippen LogP contribution in [0.2, 0.25) is 0 Å². The number of methoxy groups -OCH3 is 1. The third-order valence-electron chi connectivity index (χ3n) is 8.18. The summed E-state index contributed by atoms with van der Waals surface area (Å²) in [5.41, 5.74) is 3.99. The number of ether oxygens (including phenoxy) is 3. The minimum Gasteiger partial charge on any atom is -0.496 e. The first-order valence-electron chi connectivity index (χ1n) is 15.7. The van der Waals surface area contributed by atoms with E-state index < -0.39 is 12.0 Å². The van der Waals surface area contributed by atoms with E-state index in [-0.39, 0.29) is 6.54 Å². The molecule has 0 unspecified atom stereocenters. The van der Waals surface area contributed by atoms with Gasteiger partial charge in [-0.2, -0.15) is 0 Å². The van der Waals surface area contributed by atoms with Crippen molar-refractivity contribution in [1.29, 1.82) is 0 Å². The molecular weight excluding hydrogens is 598 g/mol. The van der Waals surface area contributed by atoms with E-state index in [9.17, 15) is 4.79 Å². The van der Waals surface area contributed by atoms with Crippen LogP contribution in [0.15, 0.2) is 162 Å². The maximum atomic E-state index is 13.0. The van der Waals surface area contributed by atoms with Crippen LogP contribution in [0.3, 0.4) is 0 Å². The largest absolute Gasteiger partial charge is 0.496 e. The Morgan fingerprint density at radius 3 is 2.15 bits per heavy atom. The number of carbonyl (C=O) groups is 1. The number of esters is 1. The van der Waals surface area contributed by atoms with Gasteiger partial charge in [0, 0.05) is 16.7 Å². The fraction of sp³-hybridized carbons (Fsp3) is 0.0976. The molecule has 7 nitrogen and oxygen atoms in total. The molecule has 0 spiro atoms. The molecule has 48 heavy (non-hydrogen) atoms. The van der Waals surface area contributed by atoms with E-state index in [4.69, 9.17) is 24.3 Å². The number of para-hydroxylation sites is 2. The Labute approximate surface area is 279 Å². The van der Waals surface area contributed by atoms with Gasteiger partial charge >= 0.3 is 5.97 Å². The topological polar surface area (TPSA) is 72.7 Å². The van der Waals surface area contributed by atoms with Crippen molar-refractivity contribution < 1.29 is 19.0 Å². The van der Waals surface area contributed by atoms with Gasteiger partial charge in [0.05, 0.1) is 25.8 Å². The number of benzene rings is 6. The first-order chi connectivity index (χ1) is 23.7. The van der Waals surface area contributed by atoms with Crippen LogP contribution in [0.25, 0.3) is 10.8 Å². The molecule has 0 bridgehead atoms. The van der Waals surface area contributed by atoms with Crippen molar-refractivity contribution in [3.63, 3.8) is 0 Å². The van der Waals surface area contributed by atoms with Crippen molar-refractivity contribution in [2.24, 2.45) is 10.1 Å². The molecule has 6 aromatic rings. The lowest BCUT2D eigenvalue weighted by Crippen LogP contribution is -2.38. The quantitative estimate of drug-likeness (QED) is 0.118. The molecule has 0 amide bonds. The lowest BCUT2D eigenvalue weighted by molar-refractivity contribution is 0.0733. The van der Waals surface area contributed by atoms with Gasteiger partial charge < -0.3 is 14.2 Å². The Hall–Kier alpha value is -6.21. The number of hydrogen-bond acceptors (Lipinski definition) is 7. The Morgan fingerprint density at radius 1 is 0.729 bits per heavy atom. The van der Waals surface area contributed by atoms with Crippen molar-refractivity contribution in [2.75, 3.05) is 7.11 Å². The van der Waals surface area contributed by atoms with Gasteiger partial charge in [-0.15, -0.1) is 5.10 Å². The molecule has 0 N–H and O–H groups in total. The van der Waals surface area contributed by atoms with E-state index in [0.29, 0.717) is 29.7 Å². The van der Waals surface area contributed by atoms with Crippen molar-refractivity contribution in [1.82, 2.24) is 5.01 Å². The molecule has 6 aromatic carbocycles. The molecule has 0 fully saturated rings. The second-order valence-corrected chi connectivity index (χ2v) is 11.3. The summed E-state index contributed by atoms with van der Waals surface area (Å²) in [6.07, 6.45) is 0. The molecule has 1 heterocycles. The van der Waals surface area contributed by atoms with Gasteiger partial charge in [0.1, 0.15) is 17.5 Å². The highest BCUT2D eigenvalue weighted by atomic mass is 16.5. The van der Waals surface area contributed by atoms with E-state index >= 15 is 0 Å². The van der Waals surface area contributed by atoms with E-state index in [2.05, 4.69) is 30.3 Å². The molecule has 1 atom stereocenters. The zero-order valence-electron chi connectivity index (χ0n) is 26.4. The maximum absolute atomic E-state index is 13.0. The minimum atomic E-state index is -0.467. The Morgan fingerprint density at radius 2 is 1.38 bits per heavy atom. The minimum absolute atomic E-state index is 0.211. The molecule has 7 heteroatoms. The van der Waals surface area contributed by atoms with Gasteiger partial charge in [0.2, 0.25) is 11.8 Å². The highest BCUT2D eigenvalue weighted by Crippen LogP contribution is 2.34. The third-order valence-corrected chi connectivity index (χ3v) is 8.18. The number of aliphatic imine (C=N–C) groups is 1. The summed E-state index contributed by atoms with van der Waals surface area (Å²) >= 11 is 0. The molecule has 0 aromatic heterocycles. The molecule has 1 aliphatic rings. The number of carbonyl (C=O) groups excluding carboxylic acids is 1. The number of rotatable bonds is 9. The van der Waals surface area contributed by atoms with Gasteiger partial charge in [0.25, 0.3) is 0 Å². The second-order valence-electron chi connectivity index (χ2n) is 11.3. The van der Waals surface area contributed by atoms with Gasteiger partial charge in [-0.1, -0.05) is 109 Å². The fourth-order valence-electron chi connectivity index (χ4n) is 5.75. The van der Waals surface area contributed by atoms with Crippen LogP contribution in [-0.4, -0.2) is 29.9 Å². The lowest BCUT2D eigenvalue weighted by Gasteiger charge is -2.35. The molecule has 1 aliphatic heterocycles. The Bertz CT molecular complexity index is 2110. The van der Waals surface area contributed by atoms with Gasteiger partial charge in [-0.25, -0.2) is 9.79 Å². The van der Waals surface area contributed by atoms with E-state index in [0.717, 1.165) is 38.8 Å². The van der Waals surface area contributed by atoms with E-state index in [1.165, 1.54) is 0 Å². The summed E-state index contributed by atoms with van der Waals surface area (Å²) in [6, 6.07) is 48.3. The number of hydrogen-bond donors (Lipinski definition) is 0. The smallest absolute Gasteiger partial charge is 0.343 e. The van der Waals surface area contributed by atoms with Crippen LogP contribution in [0, 0.1) is 0 Å². The lowest BCUT2D eigenvalue weighted by atomic mass is 10.00. The fourth-order valence-corrected chi connectivity index (χ4v) is 5.75. The standard InChI is InChI=1S/C41H33N3O4/c1-46-36-22-12-11-21-35(36)28-44-38(33-25-24-29-14-8-9-19-32(29)26-33)40(48-39(43-44)30-15-4-2-5-16-30)42-27-34-20-10-13-23-37(34)47-41(45)31-17-6-3-7-18-31/h2-26,38H,27-28H2,1H3/t38-/m1/s1. The van der Waals surface area contributed by atoms with Gasteiger partial charge in [-0.05, 0) is 58.8 Å². The Kier molecular flexibility index (Phi) is 8.91. The van der Waals surface area contributed by atoms with Crippen LogP contribution in [0.4, 0.5) is 0 Å². The molecule has 0 radical (unpaired) electrons. The predicted molar refractivity (Wildman–Crippen MR) is 188 cm³/mol. The van der Waals surface area contributed by atoms with Crippen LogP contribution >= 0.6 is 0 Å². The van der Waals surface area contributed by atoms with Crippen molar-refractivity contribution in [2.45, 2.75) is 19.1 Å². The zero-order chi connectivity index (χ0) is 32.7. The molecule has 236 valence electrons. The number of nitrogens with zero attached hydrogens (tertiary/aromatic N) is 3. The highest BCUT2D eigenvalue weighted by Gasteiger charge is 2.34. The first kappa shape index (κ1) is 30.4. The van der Waals surface area contributed by atoms with Crippen LogP contribution < -0.4 is 9.47 Å². The second kappa shape index (κ2) is 14.1. The van der Waals surface area contributed by atoms with Crippen LogP contribution in [-0.2, 0) is 17.8 Å². The number of hydrazone groups is 1. The predicted octanol–water partition coefficient (Wildman–Crippen LogP) is 8.60. The highest BCUT2D eigenvalue weighted by molar-refractivity contribution is 6.04. The average molecular weight is 632 g/mol. The van der Waals surface area contributed by atoms with Crippen molar-refractivity contribution in [3.05, 3.63) is 179 Å². The van der Waals surface area contributed by atoms with Crippen LogP contribution in [0.1, 0.15) is 38.7 Å². The molecule has 0 saturated carbocycles. The summed E-state index contributed by atoms with van der Waals surface area (Å²) in [5, 5.41) is 9.32. The SMILES string of the molecule is COc1ccccc1CN1N=C(c2ccccc2)OC(=NCc2ccccc2OC(=O)c2ccccc2)[C@H]1c1ccc2ccccc2c1. The summed E-state index contributed by atoms with van der Waals surface area (Å²) in [4.78, 5) is 18.1. The van der Waals surface area contributed by atoms with E-state index in [1.807, 2.05) is 108 Å². The number of fused-ring (bicyclic) bond motifs is 1. The van der Waals surface area contributed by atoms with Crippen molar-refractivity contribution >= 4 is 28.5 Å². The maximum Gasteiger partial charge on any atom is 0.343 e. The third kappa shape index (κ3) is 6.66. The van der Waals surface area contributed by atoms with E-state index in [1.54, 1.807) is 25.3 Å². The summed E-state index contributed by atoms with van der Waals surface area (Å²) in [7, 11) is 1.67. The van der Waals surface area contributed by atoms with Crippen molar-refractivity contribution in [3.8, 4) is 11.5 Å². The first-order valence-corrected chi connectivity index (χ1v) is 15.7. The Balaban J connectivity index is 1.31.